The molecule has 7 heteroatoms. The molecule has 1 aromatic rings. The Morgan fingerprint density at radius 3 is 2.63 bits per heavy atom. The molecule has 7 nitrogen and oxygen atoms in total. The number of hydrogen-bond donors (Lipinski definition) is 3. The number of amides is 1. The van der Waals surface area contributed by atoms with Crippen LogP contribution in [0.5, 0.6) is 0 Å². The zero-order valence-electron chi connectivity index (χ0n) is 10.6. The van der Waals surface area contributed by atoms with Crippen molar-refractivity contribution in [3.63, 3.8) is 0 Å². The van der Waals surface area contributed by atoms with E-state index in [2.05, 4.69) is 20.8 Å². The maximum atomic E-state index is 11.3. The van der Waals surface area contributed by atoms with Crippen LogP contribution in [0, 0.1) is 5.92 Å². The SMILES string of the molecule is CNC(=O)c1ccc(NC(CC(=O)O)C2CC2)nn1. The molecule has 0 saturated heterocycles. The number of anilines is 1. The number of carbonyl (C=O) groups is 2. The van der Waals surface area contributed by atoms with Gasteiger partial charge in [0.2, 0.25) is 0 Å². The predicted octanol–water partition coefficient (Wildman–Crippen LogP) is 0.501. The molecule has 102 valence electrons. The molecule has 1 fully saturated rings. The first-order valence-electron chi connectivity index (χ1n) is 6.14. The summed E-state index contributed by atoms with van der Waals surface area (Å²) < 4.78 is 0. The van der Waals surface area contributed by atoms with Crippen molar-refractivity contribution in [3.05, 3.63) is 17.8 Å². The summed E-state index contributed by atoms with van der Waals surface area (Å²) in [5.74, 6) is -0.259. The summed E-state index contributed by atoms with van der Waals surface area (Å²) in [7, 11) is 1.52. The average Bonchev–Trinajstić information content (AvgIpc) is 3.21. The molecule has 1 aliphatic rings. The number of rotatable bonds is 6. The van der Waals surface area contributed by atoms with Crippen molar-refractivity contribution in [2.45, 2.75) is 25.3 Å². The Hall–Kier alpha value is -2.18. The number of hydrogen-bond acceptors (Lipinski definition) is 5. The molecule has 1 atom stereocenters. The molecule has 0 aromatic carbocycles. The molecule has 1 amide bonds. The fourth-order valence-corrected chi connectivity index (χ4v) is 1.87. The minimum atomic E-state index is -0.834. The molecule has 1 aromatic heterocycles. The lowest BCUT2D eigenvalue weighted by molar-refractivity contribution is -0.137. The van der Waals surface area contributed by atoms with Crippen LogP contribution in [0.4, 0.5) is 5.82 Å². The Morgan fingerprint density at radius 2 is 2.16 bits per heavy atom. The highest BCUT2D eigenvalue weighted by atomic mass is 16.4. The second-order valence-electron chi connectivity index (χ2n) is 4.57. The van der Waals surface area contributed by atoms with Crippen molar-refractivity contribution >= 4 is 17.7 Å². The number of aromatic nitrogens is 2. The van der Waals surface area contributed by atoms with Gasteiger partial charge in [-0.25, -0.2) is 0 Å². The molecular weight excluding hydrogens is 248 g/mol. The van der Waals surface area contributed by atoms with Gasteiger partial charge < -0.3 is 15.7 Å². The van der Waals surface area contributed by atoms with E-state index >= 15 is 0 Å². The van der Waals surface area contributed by atoms with Crippen molar-refractivity contribution in [2.75, 3.05) is 12.4 Å². The largest absolute Gasteiger partial charge is 0.481 e. The van der Waals surface area contributed by atoms with E-state index in [0.29, 0.717) is 11.7 Å². The van der Waals surface area contributed by atoms with Crippen molar-refractivity contribution < 1.29 is 14.7 Å². The van der Waals surface area contributed by atoms with Crippen LogP contribution in [0.15, 0.2) is 12.1 Å². The Morgan fingerprint density at radius 1 is 1.42 bits per heavy atom. The molecule has 2 rings (SSSR count). The van der Waals surface area contributed by atoms with E-state index in [0.717, 1.165) is 12.8 Å². The number of carboxylic acids is 1. The Labute approximate surface area is 110 Å². The third kappa shape index (κ3) is 3.64. The van der Waals surface area contributed by atoms with Gasteiger partial charge in [-0.1, -0.05) is 0 Å². The van der Waals surface area contributed by atoms with E-state index < -0.39 is 5.97 Å². The Balaban J connectivity index is 2.01. The van der Waals surface area contributed by atoms with Crippen LogP contribution in [-0.4, -0.2) is 40.3 Å². The highest BCUT2D eigenvalue weighted by Gasteiger charge is 2.32. The third-order valence-corrected chi connectivity index (χ3v) is 3.04. The van der Waals surface area contributed by atoms with Crippen LogP contribution in [-0.2, 0) is 4.79 Å². The van der Waals surface area contributed by atoms with Gasteiger partial charge in [-0.15, -0.1) is 10.2 Å². The predicted molar refractivity (Wildman–Crippen MR) is 67.8 cm³/mol. The number of carbonyl (C=O) groups excluding carboxylic acids is 1. The maximum Gasteiger partial charge on any atom is 0.305 e. The van der Waals surface area contributed by atoms with Crippen LogP contribution in [0.2, 0.25) is 0 Å². The molecule has 0 radical (unpaired) electrons. The highest BCUT2D eigenvalue weighted by molar-refractivity contribution is 5.91. The summed E-state index contributed by atoms with van der Waals surface area (Å²) in [5.41, 5.74) is 0.231. The van der Waals surface area contributed by atoms with E-state index in [9.17, 15) is 9.59 Å². The van der Waals surface area contributed by atoms with Gasteiger partial charge in [0.05, 0.1) is 6.42 Å². The number of carboxylic acid groups (broad SMARTS) is 1. The van der Waals surface area contributed by atoms with Crippen LogP contribution < -0.4 is 10.6 Å². The molecule has 1 heterocycles. The molecular formula is C12H16N4O3. The van der Waals surface area contributed by atoms with E-state index in [-0.39, 0.29) is 24.1 Å². The second-order valence-corrected chi connectivity index (χ2v) is 4.57. The minimum absolute atomic E-state index is 0.0591. The Kier molecular flexibility index (Phi) is 3.94. The lowest BCUT2D eigenvalue weighted by Crippen LogP contribution is -2.26. The molecule has 0 spiro atoms. The van der Waals surface area contributed by atoms with Gasteiger partial charge >= 0.3 is 5.97 Å². The van der Waals surface area contributed by atoms with Gasteiger partial charge in [-0.05, 0) is 30.9 Å². The number of nitrogens with one attached hydrogen (secondary N) is 2. The van der Waals surface area contributed by atoms with Crippen LogP contribution >= 0.6 is 0 Å². The molecule has 0 bridgehead atoms. The highest BCUT2D eigenvalue weighted by Crippen LogP contribution is 2.35. The fraction of sp³-hybridized carbons (Fsp3) is 0.500. The van der Waals surface area contributed by atoms with Crippen LogP contribution in [0.25, 0.3) is 0 Å². The number of nitrogens with zero attached hydrogens (tertiary/aromatic N) is 2. The smallest absolute Gasteiger partial charge is 0.305 e. The second kappa shape index (κ2) is 5.64. The summed E-state index contributed by atoms with van der Waals surface area (Å²) in [4.78, 5) is 22.1. The molecule has 0 aliphatic heterocycles. The van der Waals surface area contributed by atoms with Crippen molar-refractivity contribution in [2.24, 2.45) is 5.92 Å². The summed E-state index contributed by atoms with van der Waals surface area (Å²) in [6.45, 7) is 0. The summed E-state index contributed by atoms with van der Waals surface area (Å²) in [6.07, 6.45) is 2.13. The molecule has 1 saturated carbocycles. The average molecular weight is 264 g/mol. The first-order valence-corrected chi connectivity index (χ1v) is 6.14. The maximum absolute atomic E-state index is 11.3. The van der Waals surface area contributed by atoms with Crippen molar-refractivity contribution in [1.82, 2.24) is 15.5 Å². The van der Waals surface area contributed by atoms with Gasteiger partial charge in [0.25, 0.3) is 5.91 Å². The van der Waals surface area contributed by atoms with Crippen LogP contribution in [0.3, 0.4) is 0 Å². The summed E-state index contributed by atoms with van der Waals surface area (Å²) >= 11 is 0. The first-order chi connectivity index (χ1) is 9.10. The van der Waals surface area contributed by atoms with Gasteiger partial charge in [-0.3, -0.25) is 9.59 Å². The van der Waals surface area contributed by atoms with E-state index in [1.165, 1.54) is 7.05 Å². The lowest BCUT2D eigenvalue weighted by atomic mass is 10.1. The quantitative estimate of drug-likeness (QED) is 0.691. The zero-order valence-corrected chi connectivity index (χ0v) is 10.6. The standard InChI is InChI=1S/C12H16N4O3/c1-13-12(19)8-4-5-10(16-15-8)14-9(6-11(17)18)7-2-3-7/h4-5,7,9H,2-3,6H2,1H3,(H,13,19)(H,14,16)(H,17,18). The molecule has 1 unspecified atom stereocenters. The van der Waals surface area contributed by atoms with Gasteiger partial charge in [-0.2, -0.15) is 0 Å². The summed E-state index contributed by atoms with van der Waals surface area (Å²) in [6, 6.07) is 3.06. The number of aliphatic carboxylic acids is 1. The summed E-state index contributed by atoms with van der Waals surface area (Å²) in [5, 5.41) is 22.1. The molecule has 19 heavy (non-hydrogen) atoms. The lowest BCUT2D eigenvalue weighted by Gasteiger charge is -2.16. The van der Waals surface area contributed by atoms with Crippen molar-refractivity contribution in [3.8, 4) is 0 Å². The Bertz CT molecular complexity index is 470. The topological polar surface area (TPSA) is 104 Å². The van der Waals surface area contributed by atoms with Crippen LogP contribution in [0.1, 0.15) is 29.8 Å². The van der Waals surface area contributed by atoms with E-state index in [1.54, 1.807) is 12.1 Å². The van der Waals surface area contributed by atoms with Crippen molar-refractivity contribution in [1.29, 1.82) is 0 Å². The van der Waals surface area contributed by atoms with Gasteiger partial charge in [0.15, 0.2) is 5.69 Å². The third-order valence-electron chi connectivity index (χ3n) is 3.04. The molecule has 3 N–H and O–H groups in total. The first kappa shape index (κ1) is 13.3. The normalized spacial score (nSPS) is 15.6. The monoisotopic (exact) mass is 264 g/mol. The van der Waals surface area contributed by atoms with Gasteiger partial charge in [0, 0.05) is 13.1 Å². The fourth-order valence-electron chi connectivity index (χ4n) is 1.87. The van der Waals surface area contributed by atoms with E-state index in [4.69, 9.17) is 5.11 Å². The van der Waals surface area contributed by atoms with Gasteiger partial charge in [0.1, 0.15) is 5.82 Å². The zero-order chi connectivity index (χ0) is 13.8. The minimum Gasteiger partial charge on any atom is -0.481 e. The molecule has 1 aliphatic carbocycles. The van der Waals surface area contributed by atoms with E-state index in [1.807, 2.05) is 0 Å².